The average molecular weight is 317 g/mol. The van der Waals surface area contributed by atoms with Crippen molar-refractivity contribution in [3.05, 3.63) is 52.1 Å². The third kappa shape index (κ3) is 2.10. The molecular weight excluding hydrogens is 304 g/mol. The lowest BCUT2D eigenvalue weighted by Gasteiger charge is -2.07. The SMILES string of the molecule is Cc1ccnc2c1nc(N)n2Cc1ccccc1Br. The summed E-state index contributed by atoms with van der Waals surface area (Å²) in [5.74, 6) is 0.493. The van der Waals surface area contributed by atoms with Crippen molar-refractivity contribution in [2.75, 3.05) is 5.73 Å². The van der Waals surface area contributed by atoms with E-state index < -0.39 is 0 Å². The van der Waals surface area contributed by atoms with E-state index in [2.05, 4.69) is 32.0 Å². The summed E-state index contributed by atoms with van der Waals surface area (Å²) in [6.07, 6.45) is 1.79. The van der Waals surface area contributed by atoms with E-state index in [1.165, 1.54) is 0 Å². The molecule has 2 N–H and O–H groups in total. The fraction of sp³-hybridized carbons (Fsp3) is 0.143. The summed E-state index contributed by atoms with van der Waals surface area (Å²) < 4.78 is 2.99. The van der Waals surface area contributed by atoms with Gasteiger partial charge in [0.05, 0.1) is 6.54 Å². The van der Waals surface area contributed by atoms with Crippen molar-refractivity contribution in [2.24, 2.45) is 0 Å². The summed E-state index contributed by atoms with van der Waals surface area (Å²) in [6.45, 7) is 2.67. The summed E-state index contributed by atoms with van der Waals surface area (Å²) in [5.41, 5.74) is 9.95. The van der Waals surface area contributed by atoms with E-state index in [-0.39, 0.29) is 0 Å². The normalized spacial score (nSPS) is 11.1. The van der Waals surface area contributed by atoms with E-state index in [1.807, 2.05) is 35.8 Å². The molecule has 3 aromatic rings. The molecule has 1 aromatic carbocycles. The summed E-state index contributed by atoms with van der Waals surface area (Å²) in [5, 5.41) is 0. The number of hydrogen-bond acceptors (Lipinski definition) is 3. The Morgan fingerprint density at radius 3 is 2.84 bits per heavy atom. The van der Waals surface area contributed by atoms with Crippen molar-refractivity contribution in [3.63, 3.8) is 0 Å². The van der Waals surface area contributed by atoms with Crippen LogP contribution in [0, 0.1) is 6.92 Å². The van der Waals surface area contributed by atoms with Crippen LogP contribution in [0.2, 0.25) is 0 Å². The molecule has 0 bridgehead atoms. The smallest absolute Gasteiger partial charge is 0.202 e. The molecule has 2 heterocycles. The Labute approximate surface area is 119 Å². The van der Waals surface area contributed by atoms with Crippen LogP contribution in [-0.4, -0.2) is 14.5 Å². The van der Waals surface area contributed by atoms with Gasteiger partial charge in [-0.25, -0.2) is 9.97 Å². The fourth-order valence-corrected chi connectivity index (χ4v) is 2.52. The van der Waals surface area contributed by atoms with E-state index >= 15 is 0 Å². The van der Waals surface area contributed by atoms with Gasteiger partial charge < -0.3 is 5.73 Å². The fourth-order valence-electron chi connectivity index (χ4n) is 2.11. The van der Waals surface area contributed by atoms with Gasteiger partial charge in [0.15, 0.2) is 5.65 Å². The molecule has 0 radical (unpaired) electrons. The molecule has 0 fully saturated rings. The predicted octanol–water partition coefficient (Wildman–Crippen LogP) is 3.13. The molecule has 0 atom stereocenters. The Hall–Kier alpha value is -1.88. The molecule has 0 saturated carbocycles. The quantitative estimate of drug-likeness (QED) is 0.790. The number of fused-ring (bicyclic) bond motifs is 1. The average Bonchev–Trinajstić information content (AvgIpc) is 2.71. The molecule has 19 heavy (non-hydrogen) atoms. The van der Waals surface area contributed by atoms with Crippen LogP contribution in [0.3, 0.4) is 0 Å². The van der Waals surface area contributed by atoms with Gasteiger partial charge in [-0.2, -0.15) is 0 Å². The van der Waals surface area contributed by atoms with Gasteiger partial charge in [-0.1, -0.05) is 34.1 Å². The van der Waals surface area contributed by atoms with Crippen molar-refractivity contribution >= 4 is 33.0 Å². The third-order valence-corrected chi connectivity index (χ3v) is 3.93. The molecule has 0 aliphatic rings. The molecule has 4 nitrogen and oxygen atoms in total. The van der Waals surface area contributed by atoms with Crippen LogP contribution in [0.15, 0.2) is 41.0 Å². The first-order valence-electron chi connectivity index (χ1n) is 5.97. The van der Waals surface area contributed by atoms with Gasteiger partial charge in [-0.3, -0.25) is 4.57 Å². The largest absolute Gasteiger partial charge is 0.369 e. The Morgan fingerprint density at radius 2 is 2.05 bits per heavy atom. The zero-order valence-electron chi connectivity index (χ0n) is 10.5. The number of nitrogens with zero attached hydrogens (tertiary/aromatic N) is 3. The maximum absolute atomic E-state index is 6.02. The maximum Gasteiger partial charge on any atom is 0.202 e. The topological polar surface area (TPSA) is 56.7 Å². The highest BCUT2D eigenvalue weighted by atomic mass is 79.9. The Morgan fingerprint density at radius 1 is 1.26 bits per heavy atom. The zero-order valence-corrected chi connectivity index (χ0v) is 12.1. The molecular formula is C14H13BrN4. The van der Waals surface area contributed by atoms with E-state index in [0.29, 0.717) is 12.5 Å². The number of aromatic nitrogens is 3. The van der Waals surface area contributed by atoms with Crippen LogP contribution in [0.4, 0.5) is 5.95 Å². The first-order chi connectivity index (χ1) is 9.16. The summed E-state index contributed by atoms with van der Waals surface area (Å²) in [6, 6.07) is 10.0. The molecule has 0 aliphatic heterocycles. The van der Waals surface area contributed by atoms with Gasteiger partial charge in [-0.15, -0.1) is 0 Å². The number of rotatable bonds is 2. The second kappa shape index (κ2) is 4.66. The Bertz CT molecular complexity index is 748. The highest BCUT2D eigenvalue weighted by molar-refractivity contribution is 9.10. The van der Waals surface area contributed by atoms with Crippen LogP contribution in [0.25, 0.3) is 11.2 Å². The van der Waals surface area contributed by atoms with Crippen molar-refractivity contribution < 1.29 is 0 Å². The number of aryl methyl sites for hydroxylation is 1. The number of anilines is 1. The van der Waals surface area contributed by atoms with Gasteiger partial charge >= 0.3 is 0 Å². The molecule has 0 spiro atoms. The standard InChI is InChI=1S/C14H13BrN4/c1-9-6-7-17-13-12(9)18-14(16)19(13)8-10-4-2-3-5-11(10)15/h2-7H,8H2,1H3,(H2,16,18). The molecule has 0 saturated heterocycles. The lowest BCUT2D eigenvalue weighted by Crippen LogP contribution is -2.05. The van der Waals surface area contributed by atoms with E-state index in [1.54, 1.807) is 6.20 Å². The van der Waals surface area contributed by atoms with Gasteiger partial charge in [0.2, 0.25) is 5.95 Å². The molecule has 96 valence electrons. The zero-order chi connectivity index (χ0) is 13.4. The molecule has 2 aromatic heterocycles. The van der Waals surface area contributed by atoms with Crippen molar-refractivity contribution in [1.82, 2.24) is 14.5 Å². The number of imidazole rings is 1. The van der Waals surface area contributed by atoms with Crippen LogP contribution in [0.5, 0.6) is 0 Å². The number of nitrogens with two attached hydrogens (primary N) is 1. The van der Waals surface area contributed by atoms with Crippen molar-refractivity contribution in [2.45, 2.75) is 13.5 Å². The number of pyridine rings is 1. The van der Waals surface area contributed by atoms with E-state index in [0.717, 1.165) is 26.8 Å². The number of halogens is 1. The number of benzene rings is 1. The molecule has 3 rings (SSSR count). The monoisotopic (exact) mass is 316 g/mol. The maximum atomic E-state index is 6.02. The van der Waals surface area contributed by atoms with Gasteiger partial charge in [0.25, 0.3) is 0 Å². The highest BCUT2D eigenvalue weighted by Crippen LogP contribution is 2.23. The molecule has 0 amide bonds. The second-order valence-corrected chi connectivity index (χ2v) is 5.30. The molecule has 0 unspecified atom stereocenters. The summed E-state index contributed by atoms with van der Waals surface area (Å²) in [7, 11) is 0. The van der Waals surface area contributed by atoms with Gasteiger partial charge in [0, 0.05) is 10.7 Å². The minimum Gasteiger partial charge on any atom is -0.369 e. The Kier molecular flexibility index (Phi) is 2.98. The summed E-state index contributed by atoms with van der Waals surface area (Å²) >= 11 is 3.55. The van der Waals surface area contributed by atoms with Crippen LogP contribution < -0.4 is 5.73 Å². The minimum absolute atomic E-state index is 0.493. The minimum atomic E-state index is 0.493. The van der Waals surface area contributed by atoms with Gasteiger partial charge in [0.1, 0.15) is 5.52 Å². The van der Waals surface area contributed by atoms with Crippen LogP contribution in [-0.2, 0) is 6.54 Å². The molecule has 5 heteroatoms. The van der Waals surface area contributed by atoms with E-state index in [9.17, 15) is 0 Å². The first kappa shape index (κ1) is 12.2. The van der Waals surface area contributed by atoms with Crippen LogP contribution in [0.1, 0.15) is 11.1 Å². The summed E-state index contributed by atoms with van der Waals surface area (Å²) in [4.78, 5) is 8.80. The Balaban J connectivity index is 2.13. The second-order valence-electron chi connectivity index (χ2n) is 4.45. The van der Waals surface area contributed by atoms with E-state index in [4.69, 9.17) is 5.73 Å². The van der Waals surface area contributed by atoms with Gasteiger partial charge in [-0.05, 0) is 30.2 Å². The van der Waals surface area contributed by atoms with Crippen molar-refractivity contribution in [1.29, 1.82) is 0 Å². The lowest BCUT2D eigenvalue weighted by molar-refractivity contribution is 0.824. The molecule has 0 aliphatic carbocycles. The number of nitrogen functional groups attached to an aromatic ring is 1. The first-order valence-corrected chi connectivity index (χ1v) is 6.77. The third-order valence-electron chi connectivity index (χ3n) is 3.15. The number of hydrogen-bond donors (Lipinski definition) is 1. The highest BCUT2D eigenvalue weighted by Gasteiger charge is 2.12. The van der Waals surface area contributed by atoms with Crippen molar-refractivity contribution in [3.8, 4) is 0 Å². The van der Waals surface area contributed by atoms with Crippen LogP contribution >= 0.6 is 15.9 Å². The predicted molar refractivity (Wildman–Crippen MR) is 79.9 cm³/mol. The lowest BCUT2D eigenvalue weighted by atomic mass is 10.2.